The third kappa shape index (κ3) is 2.79. The maximum Gasteiger partial charge on any atom is 0.182 e. The molecule has 9 heteroatoms. The molecule has 0 N–H and O–H groups in total. The Morgan fingerprint density at radius 3 is 2.72 bits per heavy atom. The molecule has 1 aromatic carbocycles. The molecule has 2 aromatic heterocycles. The van der Waals surface area contributed by atoms with Crippen molar-refractivity contribution < 1.29 is 18.3 Å². The average Bonchev–Trinajstić information content (AvgIpc) is 3.17. The van der Waals surface area contributed by atoms with Crippen LogP contribution in [0.4, 0.5) is 8.78 Å². The molecule has 0 bridgehead atoms. The highest BCUT2D eigenvalue weighted by Gasteiger charge is 2.34. The van der Waals surface area contributed by atoms with E-state index >= 15 is 0 Å². The van der Waals surface area contributed by atoms with Gasteiger partial charge >= 0.3 is 0 Å². The van der Waals surface area contributed by atoms with Crippen LogP contribution in [0.1, 0.15) is 48.2 Å². The monoisotopic (exact) mass is 416 g/mol. The number of nitrogens with zero attached hydrogens (tertiary/aromatic N) is 4. The Morgan fingerprint density at radius 1 is 1.17 bits per heavy atom. The minimum atomic E-state index is -0.661. The highest BCUT2D eigenvalue weighted by atomic mass is 32.1. The molecule has 1 atom stereocenters. The third-order valence-corrected chi connectivity index (χ3v) is 6.20. The third-order valence-electron chi connectivity index (χ3n) is 5.07. The van der Waals surface area contributed by atoms with Gasteiger partial charge in [0.1, 0.15) is 35.1 Å². The first-order chi connectivity index (χ1) is 14.1. The summed E-state index contributed by atoms with van der Waals surface area (Å²) in [5, 5.41) is 10.0. The summed E-state index contributed by atoms with van der Waals surface area (Å²) in [6.45, 7) is 4.98. The summed E-state index contributed by atoms with van der Waals surface area (Å²) in [4.78, 5) is 4.72. The lowest BCUT2D eigenvalue weighted by Gasteiger charge is -2.12. The minimum Gasteiger partial charge on any atom is -0.481 e. The zero-order chi connectivity index (χ0) is 20.1. The van der Waals surface area contributed by atoms with Gasteiger partial charge in [-0.1, -0.05) is 24.3 Å². The van der Waals surface area contributed by atoms with Crippen molar-refractivity contribution in [1.29, 1.82) is 0 Å². The Bertz CT molecular complexity index is 1120. The predicted molar refractivity (Wildman–Crippen MR) is 104 cm³/mol. The van der Waals surface area contributed by atoms with Crippen molar-refractivity contribution in [2.24, 2.45) is 4.99 Å². The Labute approximate surface area is 169 Å². The second-order valence-corrected chi connectivity index (χ2v) is 7.82. The molecule has 0 amide bonds. The summed E-state index contributed by atoms with van der Waals surface area (Å²) in [5.74, 6) is 0.0689. The van der Waals surface area contributed by atoms with E-state index in [4.69, 9.17) is 14.5 Å². The van der Waals surface area contributed by atoms with Crippen molar-refractivity contribution in [1.82, 2.24) is 14.8 Å². The molecule has 2 aliphatic rings. The van der Waals surface area contributed by atoms with E-state index in [9.17, 15) is 8.78 Å². The molecule has 150 valence electrons. The molecule has 6 nitrogen and oxygen atoms in total. The van der Waals surface area contributed by atoms with Gasteiger partial charge in [-0.25, -0.2) is 8.78 Å². The lowest BCUT2D eigenvalue weighted by atomic mass is 9.99. The van der Waals surface area contributed by atoms with Gasteiger partial charge in [0.2, 0.25) is 0 Å². The molecule has 0 radical (unpaired) electrons. The summed E-state index contributed by atoms with van der Waals surface area (Å²) >= 11 is 1.41. The number of thiophene rings is 1. The summed E-state index contributed by atoms with van der Waals surface area (Å²) < 4.78 is 43.1. The fourth-order valence-corrected chi connectivity index (χ4v) is 4.94. The fourth-order valence-electron chi connectivity index (χ4n) is 3.73. The normalized spacial score (nSPS) is 18.1. The summed E-state index contributed by atoms with van der Waals surface area (Å²) in [6.07, 6.45) is 0.655. The van der Waals surface area contributed by atoms with Crippen molar-refractivity contribution in [2.75, 3.05) is 13.2 Å². The molecule has 0 unspecified atom stereocenters. The lowest BCUT2D eigenvalue weighted by Crippen LogP contribution is -2.13. The van der Waals surface area contributed by atoms with Crippen LogP contribution in [0.3, 0.4) is 0 Å². The standard InChI is InChI=1S/C20H18F2N4O2S/c1-3-14-24-25-18-10(2)23-17(16-12(21)5-4-6-13(16)22)15-11-9-27-7-8-28-20(11)29-19(15)26(14)18/h4-6,10H,3,7-9H2,1-2H3/t10-/m0/s1. The molecule has 2 aliphatic heterocycles. The minimum absolute atomic E-state index is 0.151. The first kappa shape index (κ1) is 18.4. The van der Waals surface area contributed by atoms with E-state index in [1.807, 2.05) is 18.4 Å². The number of rotatable bonds is 2. The average molecular weight is 416 g/mol. The first-order valence-electron chi connectivity index (χ1n) is 9.43. The van der Waals surface area contributed by atoms with E-state index in [1.54, 1.807) is 0 Å². The number of aromatic nitrogens is 3. The van der Waals surface area contributed by atoms with Gasteiger partial charge in [-0.05, 0) is 19.1 Å². The van der Waals surface area contributed by atoms with Crippen LogP contribution in [0.25, 0.3) is 5.00 Å². The largest absolute Gasteiger partial charge is 0.481 e. The lowest BCUT2D eigenvalue weighted by molar-refractivity contribution is 0.107. The summed E-state index contributed by atoms with van der Waals surface area (Å²) in [5.41, 5.74) is 1.47. The number of fused-ring (bicyclic) bond motifs is 5. The van der Waals surface area contributed by atoms with E-state index in [1.165, 1.54) is 29.5 Å². The van der Waals surface area contributed by atoms with Gasteiger partial charge in [0.05, 0.1) is 24.5 Å². The predicted octanol–water partition coefficient (Wildman–Crippen LogP) is 3.99. The summed E-state index contributed by atoms with van der Waals surface area (Å²) in [7, 11) is 0. The van der Waals surface area contributed by atoms with Crippen molar-refractivity contribution in [3.8, 4) is 10.1 Å². The molecule has 29 heavy (non-hydrogen) atoms. The van der Waals surface area contributed by atoms with Crippen molar-refractivity contribution in [3.05, 3.63) is 58.2 Å². The zero-order valence-corrected chi connectivity index (χ0v) is 16.7. The summed E-state index contributed by atoms with van der Waals surface area (Å²) in [6, 6.07) is 3.40. The molecular formula is C20H18F2N4O2S. The number of halogens is 2. The molecular weight excluding hydrogens is 398 g/mol. The number of aliphatic imine (C=N–C) groups is 1. The number of aryl methyl sites for hydroxylation is 1. The Hall–Kier alpha value is -2.65. The van der Waals surface area contributed by atoms with Crippen molar-refractivity contribution in [3.63, 3.8) is 0 Å². The van der Waals surface area contributed by atoms with Crippen molar-refractivity contribution >= 4 is 17.0 Å². The van der Waals surface area contributed by atoms with Crippen LogP contribution in [-0.2, 0) is 17.8 Å². The molecule has 0 saturated heterocycles. The van der Waals surface area contributed by atoms with Gasteiger partial charge in [-0.15, -0.1) is 10.2 Å². The molecule has 0 spiro atoms. The molecule has 0 fully saturated rings. The number of hydrogen-bond acceptors (Lipinski definition) is 6. The van der Waals surface area contributed by atoms with Crippen LogP contribution in [0, 0.1) is 11.6 Å². The second-order valence-electron chi connectivity index (χ2n) is 6.86. The molecule has 4 heterocycles. The zero-order valence-electron chi connectivity index (χ0n) is 15.9. The van der Waals surface area contributed by atoms with E-state index in [-0.39, 0.29) is 17.9 Å². The Morgan fingerprint density at radius 2 is 1.97 bits per heavy atom. The molecule has 5 rings (SSSR count). The van der Waals surface area contributed by atoms with Gasteiger partial charge in [0.15, 0.2) is 10.9 Å². The van der Waals surface area contributed by atoms with Crippen LogP contribution < -0.4 is 4.74 Å². The maximum absolute atomic E-state index is 14.8. The van der Waals surface area contributed by atoms with Crippen LogP contribution in [0.2, 0.25) is 0 Å². The quantitative estimate of drug-likeness (QED) is 0.634. The SMILES string of the molecule is CCc1nnc2n1-c1sc3c(c1C(c1c(F)cccc1F)=N[C@H]2C)COCCO3. The smallest absolute Gasteiger partial charge is 0.182 e. The van der Waals surface area contributed by atoms with Gasteiger partial charge in [-0.3, -0.25) is 9.56 Å². The van der Waals surface area contributed by atoms with Crippen molar-refractivity contribution in [2.45, 2.75) is 32.9 Å². The molecule has 0 saturated carbocycles. The number of hydrogen-bond donors (Lipinski definition) is 0. The molecule has 0 aliphatic carbocycles. The van der Waals surface area contributed by atoms with Gasteiger partial charge < -0.3 is 9.47 Å². The van der Waals surface area contributed by atoms with E-state index in [2.05, 4.69) is 10.2 Å². The second kappa shape index (κ2) is 7.00. The number of benzene rings is 1. The van der Waals surface area contributed by atoms with E-state index in [0.717, 1.165) is 16.4 Å². The highest BCUT2D eigenvalue weighted by Crippen LogP contribution is 2.44. The Balaban J connectivity index is 1.86. The highest BCUT2D eigenvalue weighted by molar-refractivity contribution is 7.17. The number of ether oxygens (including phenoxy) is 2. The molecule has 3 aromatic rings. The van der Waals surface area contributed by atoms with Gasteiger partial charge in [-0.2, -0.15) is 0 Å². The van der Waals surface area contributed by atoms with Crippen LogP contribution in [0.15, 0.2) is 23.2 Å². The van der Waals surface area contributed by atoms with E-state index < -0.39 is 17.7 Å². The maximum atomic E-state index is 14.8. The first-order valence-corrected chi connectivity index (χ1v) is 10.2. The van der Waals surface area contributed by atoms with Gasteiger partial charge in [0.25, 0.3) is 0 Å². The van der Waals surface area contributed by atoms with Crippen LogP contribution >= 0.6 is 11.3 Å². The van der Waals surface area contributed by atoms with E-state index in [0.29, 0.717) is 36.1 Å². The van der Waals surface area contributed by atoms with Gasteiger partial charge in [0, 0.05) is 17.5 Å². The topological polar surface area (TPSA) is 61.5 Å². The van der Waals surface area contributed by atoms with Crippen LogP contribution in [0.5, 0.6) is 5.06 Å². The van der Waals surface area contributed by atoms with Crippen LogP contribution in [-0.4, -0.2) is 33.7 Å². The Kier molecular flexibility index (Phi) is 4.44. The fraction of sp³-hybridized carbons (Fsp3) is 0.350.